The zero-order chi connectivity index (χ0) is 30.0. The van der Waals surface area contributed by atoms with Crippen LogP contribution in [0, 0.1) is 0 Å². The van der Waals surface area contributed by atoms with Crippen molar-refractivity contribution in [1.82, 2.24) is 9.97 Å². The third-order valence-corrected chi connectivity index (χ3v) is 4.67. The van der Waals surface area contributed by atoms with Gasteiger partial charge in [0.1, 0.15) is 0 Å². The van der Waals surface area contributed by atoms with Gasteiger partial charge in [-0.3, -0.25) is 9.59 Å². The number of benzene rings is 2. The average Bonchev–Trinajstić information content (AvgIpc) is 3.40. The third-order valence-electron chi connectivity index (χ3n) is 4.13. The summed E-state index contributed by atoms with van der Waals surface area (Å²) in [5.41, 5.74) is 3.46. The number of fused-ring (bicyclic) bond motifs is 2. The van der Waals surface area contributed by atoms with E-state index in [0.717, 1.165) is 47.0 Å². The molecule has 0 saturated carbocycles. The molecule has 0 unspecified atom stereocenters. The molecule has 0 aliphatic rings. The summed E-state index contributed by atoms with van der Waals surface area (Å²) in [6.07, 6.45) is 0.448. The van der Waals surface area contributed by atoms with E-state index in [1.165, 1.54) is 0 Å². The standard InChI is InChI=1S/2C10H9NO2.C3H7O.2C2H4O2.Al/c2*12-10(13)6-8-5-7-3-1-2-4-9(7)11-8;1-3(2)4;2*1-2(3)4;/h2*1-5,11H,6H2,(H,12,13);3H,1-2H3;2*1H3,(H,3,4);/q;;-1;;;+3/p-2. The van der Waals surface area contributed by atoms with Crippen molar-refractivity contribution in [3.8, 4) is 0 Å². The quantitative estimate of drug-likeness (QED) is 0.265. The Balaban J connectivity index is 0.000000519. The van der Waals surface area contributed by atoms with Crippen molar-refractivity contribution in [3.63, 3.8) is 0 Å². The molecule has 0 bridgehead atoms. The number of aliphatic carboxylic acids is 4. The minimum atomic E-state index is -1.08. The Morgan fingerprint density at radius 1 is 0.769 bits per heavy atom. The van der Waals surface area contributed by atoms with Crippen LogP contribution in [0.5, 0.6) is 0 Å². The maximum absolute atomic E-state index is 10.4. The Morgan fingerprint density at radius 2 is 1.05 bits per heavy atom. The van der Waals surface area contributed by atoms with Gasteiger partial charge in [-0.1, -0.05) is 36.4 Å². The van der Waals surface area contributed by atoms with Crippen molar-refractivity contribution in [2.24, 2.45) is 0 Å². The molecule has 2 aromatic carbocycles. The van der Waals surface area contributed by atoms with Crippen LogP contribution in [-0.2, 0) is 35.8 Å². The third kappa shape index (κ3) is 17.9. The molecule has 2 aromatic heterocycles. The molecule has 39 heavy (non-hydrogen) atoms. The van der Waals surface area contributed by atoms with Gasteiger partial charge >= 0.3 is 52.3 Å². The summed E-state index contributed by atoms with van der Waals surface area (Å²) in [7, 11) is 0. The van der Waals surface area contributed by atoms with Gasteiger partial charge < -0.3 is 40.0 Å². The van der Waals surface area contributed by atoms with Gasteiger partial charge in [0.05, 0.1) is 12.8 Å². The molecule has 12 heteroatoms. The predicted molar refractivity (Wildman–Crippen MR) is 143 cm³/mol. The number of carbonyl (C=O) groups is 4. The van der Waals surface area contributed by atoms with E-state index in [2.05, 4.69) is 30.4 Å². The Hall–Kier alpha value is -4.11. The second-order valence-electron chi connectivity index (χ2n) is 8.07. The summed E-state index contributed by atoms with van der Waals surface area (Å²) < 4.78 is 4.67. The Labute approximate surface area is 234 Å². The van der Waals surface area contributed by atoms with Crippen molar-refractivity contribution < 1.29 is 43.4 Å². The summed E-state index contributed by atoms with van der Waals surface area (Å²) >= 11 is 2.19. The first-order valence-electron chi connectivity index (χ1n) is 11.5. The molecular weight excluding hydrogens is 523 g/mol. The van der Waals surface area contributed by atoms with Crippen molar-refractivity contribution in [2.75, 3.05) is 0 Å². The number of carboxylic acid groups (broad SMARTS) is 4. The molecule has 0 aliphatic carbocycles. The molecule has 2 heterocycles. The topological polar surface area (TPSA) is 196 Å². The molecule has 0 fully saturated rings. The smallest absolute Gasteiger partial charge is 0.309 e. The summed E-state index contributed by atoms with van der Waals surface area (Å²) in [5.74, 6) is -3.79. The fraction of sp³-hybridized carbons (Fsp3) is 0.259. The Kier molecular flexibility index (Phi) is 17.0. The van der Waals surface area contributed by atoms with Crippen molar-refractivity contribution in [3.05, 3.63) is 72.1 Å². The number of hydrogen-bond acceptors (Lipinski definition) is 7. The Morgan fingerprint density at radius 3 is 1.28 bits per heavy atom. The van der Waals surface area contributed by atoms with Crippen LogP contribution >= 0.6 is 0 Å². The van der Waals surface area contributed by atoms with Crippen molar-refractivity contribution in [2.45, 2.75) is 46.6 Å². The van der Waals surface area contributed by atoms with Gasteiger partial charge in [-0.15, -0.1) is 0 Å². The van der Waals surface area contributed by atoms with Gasteiger partial charge in [0.2, 0.25) is 0 Å². The average molecular weight is 555 g/mol. The molecule has 11 nitrogen and oxygen atoms in total. The predicted octanol–water partition coefficient (Wildman–Crippen LogP) is 1.60. The van der Waals surface area contributed by atoms with E-state index in [0.29, 0.717) is 6.10 Å². The summed E-state index contributed by atoms with van der Waals surface area (Å²) in [6, 6.07) is 19.2. The van der Waals surface area contributed by atoms with Crippen LogP contribution in [0.25, 0.3) is 21.8 Å². The molecule has 0 atom stereocenters. The number of carbonyl (C=O) groups excluding carboxylic acids is 2. The normalized spacial score (nSPS) is 9.51. The summed E-state index contributed by atoms with van der Waals surface area (Å²) in [4.78, 5) is 44.7. The van der Waals surface area contributed by atoms with E-state index in [4.69, 9.17) is 30.0 Å². The molecular formula is C27H31AlN2O9. The molecule has 4 aromatic rings. The van der Waals surface area contributed by atoms with Crippen molar-refractivity contribution >= 4 is 62.3 Å². The van der Waals surface area contributed by atoms with Crippen LogP contribution in [0.1, 0.15) is 39.1 Å². The van der Waals surface area contributed by atoms with E-state index >= 15 is 0 Å². The zero-order valence-corrected chi connectivity index (χ0v) is 23.2. The second-order valence-corrected chi connectivity index (χ2v) is 8.34. The van der Waals surface area contributed by atoms with E-state index in [9.17, 15) is 9.59 Å². The molecule has 0 saturated heterocycles. The first-order chi connectivity index (χ1) is 18.2. The molecule has 206 valence electrons. The largest absolute Gasteiger partial charge is 0.481 e. The number of para-hydroxylation sites is 2. The maximum Gasteiger partial charge on any atom is 0.309 e. The maximum atomic E-state index is 10.4. The van der Waals surface area contributed by atoms with Gasteiger partial charge in [0, 0.05) is 34.4 Å². The summed E-state index contributed by atoms with van der Waals surface area (Å²) in [6.45, 7) is 5.90. The molecule has 0 aliphatic heterocycles. The van der Waals surface area contributed by atoms with E-state index in [1.807, 2.05) is 74.5 Å². The van der Waals surface area contributed by atoms with Crippen molar-refractivity contribution in [1.29, 1.82) is 0 Å². The number of hydrogen-bond donors (Lipinski definition) is 4. The van der Waals surface area contributed by atoms with Gasteiger partial charge in [-0.25, -0.2) is 0 Å². The number of rotatable bonds is 5. The number of H-pyrrole nitrogens is 2. The zero-order valence-electron chi connectivity index (χ0n) is 22.1. The SMILES string of the molecule is CC(=O)[O-].CC(=O)[O-].CC(C)[O][Al+2].O=C(O)Cc1cc2ccccc2[nH]1.O=C(O)Cc1cc2ccccc2[nH]1. The van der Waals surface area contributed by atoms with Gasteiger partial charge in [-0.05, 0) is 48.9 Å². The van der Waals surface area contributed by atoms with Crippen LogP contribution < -0.4 is 10.2 Å². The minimum Gasteiger partial charge on any atom is -0.481 e. The van der Waals surface area contributed by atoms with Crippen LogP contribution in [-0.4, -0.2) is 66.8 Å². The van der Waals surface area contributed by atoms with Gasteiger partial charge in [-0.2, -0.15) is 0 Å². The number of aromatic amines is 2. The minimum absolute atomic E-state index is 0.0503. The van der Waals surface area contributed by atoms with Gasteiger partial charge in [0.15, 0.2) is 0 Å². The molecule has 0 radical (unpaired) electrons. The molecule has 0 spiro atoms. The first kappa shape index (κ1) is 34.9. The number of carboxylic acids is 4. The van der Waals surface area contributed by atoms with Crippen LogP contribution in [0.2, 0.25) is 0 Å². The van der Waals surface area contributed by atoms with Gasteiger partial charge in [0.25, 0.3) is 0 Å². The Bertz CT molecular complexity index is 1160. The van der Waals surface area contributed by atoms with Crippen LogP contribution in [0.3, 0.4) is 0 Å². The number of aromatic nitrogens is 2. The molecule has 0 amide bonds. The fourth-order valence-corrected chi connectivity index (χ4v) is 2.78. The van der Waals surface area contributed by atoms with E-state index < -0.39 is 23.9 Å². The first-order valence-corrected chi connectivity index (χ1v) is 12.0. The number of nitrogens with one attached hydrogen (secondary N) is 2. The van der Waals surface area contributed by atoms with E-state index in [-0.39, 0.29) is 12.8 Å². The summed E-state index contributed by atoms with van der Waals surface area (Å²) in [5, 5.41) is 37.0. The van der Waals surface area contributed by atoms with Crippen LogP contribution in [0.4, 0.5) is 0 Å². The van der Waals surface area contributed by atoms with E-state index in [1.54, 1.807) is 0 Å². The second kappa shape index (κ2) is 19.0. The molecule has 4 N–H and O–H groups in total. The van der Waals surface area contributed by atoms with Crippen LogP contribution in [0.15, 0.2) is 60.7 Å². The molecule has 4 rings (SSSR count). The fourth-order valence-electron chi connectivity index (χ4n) is 2.78. The monoisotopic (exact) mass is 554 g/mol.